The first-order valence-corrected chi connectivity index (χ1v) is 13.0. The van der Waals surface area contributed by atoms with Crippen LogP contribution < -0.4 is 9.73 Å². The molecule has 1 saturated carbocycles. The first-order chi connectivity index (χ1) is 15.1. The Balaban J connectivity index is 1.75. The van der Waals surface area contributed by atoms with Gasteiger partial charge in [-0.25, -0.2) is 13.8 Å². The van der Waals surface area contributed by atoms with E-state index in [-0.39, 0.29) is 16.9 Å². The molecule has 0 saturated heterocycles. The van der Waals surface area contributed by atoms with Gasteiger partial charge in [-0.15, -0.1) is 0 Å². The van der Waals surface area contributed by atoms with Crippen molar-refractivity contribution in [2.24, 2.45) is 16.4 Å². The average Bonchev–Trinajstić information content (AvgIpc) is 2.76. The Morgan fingerprint density at radius 3 is 2.34 bits per heavy atom. The van der Waals surface area contributed by atoms with E-state index in [4.69, 9.17) is 0 Å². The van der Waals surface area contributed by atoms with Gasteiger partial charge in [0.1, 0.15) is 6.54 Å². The highest BCUT2D eigenvalue weighted by Crippen LogP contribution is 2.36. The second-order valence-corrected chi connectivity index (χ2v) is 11.9. The normalized spacial score (nSPS) is 17.0. The number of rotatable bonds is 6. The fourth-order valence-corrected chi connectivity index (χ4v) is 5.72. The lowest BCUT2D eigenvalue weighted by atomic mass is 9.72. The molecular formula is C24H30BrN3O3S. The molecule has 0 spiro atoms. The number of nitrogens with one attached hydrogen (secondary N) is 1. The van der Waals surface area contributed by atoms with E-state index in [1.807, 2.05) is 0 Å². The summed E-state index contributed by atoms with van der Waals surface area (Å²) in [5, 5.41) is 4.31. The van der Waals surface area contributed by atoms with Crippen molar-refractivity contribution in [1.29, 1.82) is 0 Å². The van der Waals surface area contributed by atoms with E-state index in [0.717, 1.165) is 40.2 Å². The number of hydrogen-bond donors (Lipinski definition) is 1. The molecule has 0 bridgehead atoms. The quantitative estimate of drug-likeness (QED) is 0.522. The largest absolute Gasteiger partial charge is 0.271 e. The number of nitrogens with zero attached hydrogens (tertiary/aromatic N) is 2. The molecule has 32 heavy (non-hydrogen) atoms. The van der Waals surface area contributed by atoms with Gasteiger partial charge in [0, 0.05) is 10.2 Å². The Morgan fingerprint density at radius 1 is 1.09 bits per heavy atom. The van der Waals surface area contributed by atoms with E-state index in [1.54, 1.807) is 42.5 Å². The van der Waals surface area contributed by atoms with Crippen LogP contribution in [-0.2, 0) is 14.8 Å². The van der Waals surface area contributed by atoms with Gasteiger partial charge in [-0.05, 0) is 67.3 Å². The van der Waals surface area contributed by atoms with Crippen LogP contribution in [0.4, 0.5) is 5.69 Å². The minimum Gasteiger partial charge on any atom is -0.271 e. The molecule has 1 N–H and O–H groups in total. The molecule has 1 fully saturated rings. The maximum Gasteiger partial charge on any atom is 0.264 e. The monoisotopic (exact) mass is 519 g/mol. The van der Waals surface area contributed by atoms with Gasteiger partial charge in [-0.1, -0.05) is 61.0 Å². The van der Waals surface area contributed by atoms with Gasteiger partial charge in [0.2, 0.25) is 0 Å². The van der Waals surface area contributed by atoms with Crippen LogP contribution in [0.1, 0.15) is 46.5 Å². The summed E-state index contributed by atoms with van der Waals surface area (Å²) in [5.74, 6) is 0.162. The van der Waals surface area contributed by atoms with Gasteiger partial charge in [-0.2, -0.15) is 5.10 Å². The van der Waals surface area contributed by atoms with Crippen molar-refractivity contribution in [2.45, 2.75) is 51.3 Å². The Morgan fingerprint density at radius 2 is 1.75 bits per heavy atom. The molecule has 2 aromatic carbocycles. The zero-order chi connectivity index (χ0) is 23.4. The van der Waals surface area contributed by atoms with Gasteiger partial charge in [-0.3, -0.25) is 9.10 Å². The molecule has 0 radical (unpaired) electrons. The topological polar surface area (TPSA) is 78.8 Å². The van der Waals surface area contributed by atoms with Crippen molar-refractivity contribution in [2.75, 3.05) is 10.8 Å². The van der Waals surface area contributed by atoms with E-state index < -0.39 is 15.9 Å². The van der Waals surface area contributed by atoms with Crippen LogP contribution in [0, 0.1) is 11.3 Å². The Kier molecular flexibility index (Phi) is 7.77. The summed E-state index contributed by atoms with van der Waals surface area (Å²) in [6.45, 7) is 6.40. The van der Waals surface area contributed by atoms with Crippen molar-refractivity contribution >= 4 is 43.3 Å². The second kappa shape index (κ2) is 10.2. The third kappa shape index (κ3) is 6.19. The summed E-state index contributed by atoms with van der Waals surface area (Å²) in [4.78, 5) is 12.8. The van der Waals surface area contributed by atoms with E-state index in [0.29, 0.717) is 11.6 Å². The number of halogens is 1. The number of sulfonamides is 1. The number of hydrogen-bond acceptors (Lipinski definition) is 4. The van der Waals surface area contributed by atoms with Crippen molar-refractivity contribution in [1.82, 2.24) is 5.43 Å². The van der Waals surface area contributed by atoms with Crippen LogP contribution in [-0.4, -0.2) is 26.6 Å². The van der Waals surface area contributed by atoms with Crippen LogP contribution in [0.5, 0.6) is 0 Å². The predicted octanol–water partition coefficient (Wildman–Crippen LogP) is 5.35. The Bertz CT molecular complexity index is 1070. The highest BCUT2D eigenvalue weighted by Gasteiger charge is 2.29. The number of carbonyl (C=O) groups excluding carboxylic acids is 1. The molecule has 8 heteroatoms. The summed E-state index contributed by atoms with van der Waals surface area (Å²) >= 11 is 3.38. The molecule has 2 aromatic rings. The summed E-state index contributed by atoms with van der Waals surface area (Å²) in [6.07, 6.45) is 3.79. The third-order valence-corrected chi connectivity index (χ3v) is 8.12. The van der Waals surface area contributed by atoms with Crippen LogP contribution in [0.3, 0.4) is 0 Å². The van der Waals surface area contributed by atoms with Gasteiger partial charge < -0.3 is 0 Å². The zero-order valence-corrected chi connectivity index (χ0v) is 21.1. The van der Waals surface area contributed by atoms with Crippen molar-refractivity contribution in [3.63, 3.8) is 0 Å². The fourth-order valence-electron chi connectivity index (χ4n) is 3.90. The SMILES string of the molecule is CC(C)(C)C1CCC(=NNC(=O)CN(c2cccc(Br)c2)S(=O)(=O)c2ccccc2)CC1. The van der Waals surface area contributed by atoms with Crippen molar-refractivity contribution in [3.05, 3.63) is 59.1 Å². The molecule has 3 rings (SSSR count). The maximum atomic E-state index is 13.3. The van der Waals surface area contributed by atoms with Gasteiger partial charge in [0.25, 0.3) is 15.9 Å². The lowest BCUT2D eigenvalue weighted by Gasteiger charge is -2.34. The second-order valence-electron chi connectivity index (χ2n) is 9.16. The van der Waals surface area contributed by atoms with E-state index >= 15 is 0 Å². The third-order valence-electron chi connectivity index (χ3n) is 5.84. The van der Waals surface area contributed by atoms with Crippen LogP contribution in [0.2, 0.25) is 0 Å². The first kappa shape index (κ1) is 24.5. The molecule has 172 valence electrons. The molecule has 0 aliphatic heterocycles. The van der Waals surface area contributed by atoms with E-state index in [2.05, 4.69) is 47.2 Å². The van der Waals surface area contributed by atoms with Gasteiger partial charge in [0.05, 0.1) is 10.6 Å². The Hall–Kier alpha value is -2.19. The van der Waals surface area contributed by atoms with Crippen molar-refractivity contribution < 1.29 is 13.2 Å². The number of carbonyl (C=O) groups is 1. The molecule has 0 atom stereocenters. The average molecular weight is 520 g/mol. The molecule has 0 heterocycles. The van der Waals surface area contributed by atoms with Gasteiger partial charge in [0.15, 0.2) is 0 Å². The highest BCUT2D eigenvalue weighted by atomic mass is 79.9. The standard InChI is InChI=1S/C24H30BrN3O3S/c1-24(2,3)18-12-14-20(15-13-18)26-27-23(29)17-28(21-9-7-8-19(25)16-21)32(30,31)22-10-5-4-6-11-22/h4-11,16,18H,12-15,17H2,1-3H3,(H,27,29). The summed E-state index contributed by atoms with van der Waals surface area (Å²) in [7, 11) is -3.93. The van der Waals surface area contributed by atoms with Crippen LogP contribution in [0.25, 0.3) is 0 Å². The highest BCUT2D eigenvalue weighted by molar-refractivity contribution is 9.10. The number of benzene rings is 2. The molecule has 1 aliphatic carbocycles. The summed E-state index contributed by atoms with van der Waals surface area (Å²) in [5.41, 5.74) is 4.20. The van der Waals surface area contributed by atoms with E-state index in [9.17, 15) is 13.2 Å². The Labute approximate surface area is 199 Å². The first-order valence-electron chi connectivity index (χ1n) is 10.7. The number of amides is 1. The molecular weight excluding hydrogens is 490 g/mol. The zero-order valence-electron chi connectivity index (χ0n) is 18.7. The lowest BCUT2D eigenvalue weighted by Crippen LogP contribution is -2.40. The van der Waals surface area contributed by atoms with Crippen molar-refractivity contribution in [3.8, 4) is 0 Å². The number of hydrazone groups is 1. The number of anilines is 1. The van der Waals surface area contributed by atoms with E-state index in [1.165, 1.54) is 12.1 Å². The maximum absolute atomic E-state index is 13.3. The van der Waals surface area contributed by atoms with Gasteiger partial charge >= 0.3 is 0 Å². The lowest BCUT2D eigenvalue weighted by molar-refractivity contribution is -0.119. The predicted molar refractivity (Wildman–Crippen MR) is 132 cm³/mol. The molecule has 1 aliphatic rings. The molecule has 0 aromatic heterocycles. The van der Waals surface area contributed by atoms with Crippen LogP contribution >= 0.6 is 15.9 Å². The minimum atomic E-state index is -3.93. The molecule has 6 nitrogen and oxygen atoms in total. The fraction of sp³-hybridized carbons (Fsp3) is 0.417. The summed E-state index contributed by atoms with van der Waals surface area (Å²) in [6, 6.07) is 15.0. The molecule has 1 amide bonds. The molecule has 0 unspecified atom stereocenters. The summed E-state index contributed by atoms with van der Waals surface area (Å²) < 4.78 is 28.5. The minimum absolute atomic E-state index is 0.125. The van der Waals surface area contributed by atoms with Crippen LogP contribution in [0.15, 0.2) is 69.1 Å². The smallest absolute Gasteiger partial charge is 0.264 e.